The zero-order chi connectivity index (χ0) is 9.84. The Labute approximate surface area is 76.1 Å². The summed E-state index contributed by atoms with van der Waals surface area (Å²) in [4.78, 5) is 12.6. The highest BCUT2D eigenvalue weighted by atomic mass is 16.2. The predicted molar refractivity (Wildman–Crippen MR) is 49.2 cm³/mol. The number of nitrogens with two attached hydrogens (primary N) is 1. The number of urea groups is 1. The molecule has 4 N–H and O–H groups in total. The molecule has 1 heterocycles. The van der Waals surface area contributed by atoms with Crippen LogP contribution in [0.25, 0.3) is 0 Å². The second kappa shape index (κ2) is 3.90. The molecule has 0 fully saturated rings. The van der Waals surface area contributed by atoms with Crippen molar-refractivity contribution in [1.29, 1.82) is 0 Å². The molecule has 0 aromatic carbocycles. The van der Waals surface area contributed by atoms with Crippen molar-refractivity contribution >= 4 is 11.8 Å². The molecule has 6 nitrogen and oxygen atoms in total. The summed E-state index contributed by atoms with van der Waals surface area (Å²) in [6.07, 6.45) is 1.59. The topological polar surface area (TPSA) is 87.0 Å². The lowest BCUT2D eigenvalue weighted by molar-refractivity contribution is 0.230. The molecule has 0 bridgehead atoms. The number of carbonyl (C=O) groups excluding carboxylic acids is 1. The van der Waals surface area contributed by atoms with Crippen LogP contribution in [0.3, 0.4) is 0 Å². The van der Waals surface area contributed by atoms with Crippen molar-refractivity contribution in [2.45, 2.75) is 6.54 Å². The first-order valence-corrected chi connectivity index (χ1v) is 3.85. The van der Waals surface area contributed by atoms with Crippen LogP contribution in [0, 0.1) is 0 Å². The van der Waals surface area contributed by atoms with E-state index in [1.807, 2.05) is 0 Å². The molecule has 1 aromatic rings. The molecule has 72 valence electrons. The number of nitrogens with one attached hydrogen (secondary N) is 2. The standard InChI is InChI=1S/C7H13N5O/c1-12(2)7(13)10-6-5(3-8)4-9-11-6/h4H,3,8H2,1-2H3,(H2,9,10,11,13). The monoisotopic (exact) mass is 183 g/mol. The van der Waals surface area contributed by atoms with Crippen LogP contribution in [0.2, 0.25) is 0 Å². The number of hydrogen-bond donors (Lipinski definition) is 3. The molecule has 0 radical (unpaired) electrons. The first-order valence-electron chi connectivity index (χ1n) is 3.85. The van der Waals surface area contributed by atoms with Crippen molar-refractivity contribution < 1.29 is 4.79 Å². The van der Waals surface area contributed by atoms with Gasteiger partial charge in [0.1, 0.15) is 5.82 Å². The van der Waals surface area contributed by atoms with Crippen molar-refractivity contribution in [3.63, 3.8) is 0 Å². The highest BCUT2D eigenvalue weighted by Crippen LogP contribution is 2.09. The van der Waals surface area contributed by atoms with Crippen LogP contribution in [0.1, 0.15) is 5.56 Å². The number of hydrogen-bond acceptors (Lipinski definition) is 3. The smallest absolute Gasteiger partial charge is 0.322 e. The third-order valence-electron chi connectivity index (χ3n) is 1.58. The number of anilines is 1. The van der Waals surface area contributed by atoms with Crippen molar-refractivity contribution in [2.75, 3.05) is 19.4 Å². The quantitative estimate of drug-likeness (QED) is 0.601. The molecule has 1 aromatic heterocycles. The Bertz CT molecular complexity index is 293. The molecule has 2 amide bonds. The number of nitrogens with zero attached hydrogens (tertiary/aromatic N) is 2. The van der Waals surface area contributed by atoms with E-state index in [-0.39, 0.29) is 6.03 Å². The summed E-state index contributed by atoms with van der Waals surface area (Å²) in [5.74, 6) is 0.557. The lowest BCUT2D eigenvalue weighted by atomic mass is 10.3. The van der Waals surface area contributed by atoms with E-state index in [0.29, 0.717) is 12.4 Å². The molecule has 0 saturated carbocycles. The second-order valence-electron chi connectivity index (χ2n) is 2.80. The van der Waals surface area contributed by atoms with Gasteiger partial charge in [-0.05, 0) is 0 Å². The Morgan fingerprint density at radius 1 is 1.77 bits per heavy atom. The summed E-state index contributed by atoms with van der Waals surface area (Å²) in [7, 11) is 3.32. The van der Waals surface area contributed by atoms with Crippen LogP contribution < -0.4 is 11.1 Å². The number of amides is 2. The van der Waals surface area contributed by atoms with Crippen molar-refractivity contribution in [2.24, 2.45) is 5.73 Å². The van der Waals surface area contributed by atoms with E-state index in [2.05, 4.69) is 15.5 Å². The van der Waals surface area contributed by atoms with Crippen LogP contribution in [0.5, 0.6) is 0 Å². The Balaban J connectivity index is 2.68. The Morgan fingerprint density at radius 2 is 2.46 bits per heavy atom. The van der Waals surface area contributed by atoms with Crippen LogP contribution in [-0.2, 0) is 6.54 Å². The van der Waals surface area contributed by atoms with E-state index in [0.717, 1.165) is 5.56 Å². The fourth-order valence-corrected chi connectivity index (χ4v) is 0.793. The van der Waals surface area contributed by atoms with Crippen molar-refractivity contribution in [3.05, 3.63) is 11.8 Å². The largest absolute Gasteiger partial charge is 0.331 e. The number of H-pyrrole nitrogens is 1. The second-order valence-corrected chi connectivity index (χ2v) is 2.80. The SMILES string of the molecule is CN(C)C(=O)Nc1[nH]ncc1CN. The van der Waals surface area contributed by atoms with E-state index >= 15 is 0 Å². The zero-order valence-corrected chi connectivity index (χ0v) is 7.66. The number of carbonyl (C=O) groups is 1. The molecule has 0 saturated heterocycles. The average molecular weight is 183 g/mol. The first-order chi connectivity index (χ1) is 6.15. The van der Waals surface area contributed by atoms with Gasteiger partial charge in [-0.15, -0.1) is 0 Å². The lowest BCUT2D eigenvalue weighted by Gasteiger charge is -2.11. The summed E-state index contributed by atoms with van der Waals surface area (Å²) < 4.78 is 0. The normalized spacial score (nSPS) is 9.77. The van der Waals surface area contributed by atoms with E-state index in [9.17, 15) is 4.79 Å². The van der Waals surface area contributed by atoms with Gasteiger partial charge in [-0.1, -0.05) is 0 Å². The summed E-state index contributed by atoms with van der Waals surface area (Å²) in [5, 5.41) is 9.05. The average Bonchev–Trinajstić information content (AvgIpc) is 2.51. The predicted octanol–water partition coefficient (Wildman–Crippen LogP) is -0.0381. The van der Waals surface area contributed by atoms with Crippen LogP contribution >= 0.6 is 0 Å². The van der Waals surface area contributed by atoms with Crippen molar-refractivity contribution in [1.82, 2.24) is 15.1 Å². The van der Waals surface area contributed by atoms with Gasteiger partial charge in [0.2, 0.25) is 0 Å². The maximum Gasteiger partial charge on any atom is 0.322 e. The molecule has 0 spiro atoms. The van der Waals surface area contributed by atoms with Gasteiger partial charge in [-0.3, -0.25) is 10.4 Å². The summed E-state index contributed by atoms with van der Waals surface area (Å²) in [6.45, 7) is 0.347. The van der Waals surface area contributed by atoms with Gasteiger partial charge in [-0.2, -0.15) is 5.10 Å². The molecule has 13 heavy (non-hydrogen) atoms. The van der Waals surface area contributed by atoms with Gasteiger partial charge in [0.25, 0.3) is 0 Å². The summed E-state index contributed by atoms with van der Waals surface area (Å²) in [6, 6.07) is -0.209. The fraction of sp³-hybridized carbons (Fsp3) is 0.429. The lowest BCUT2D eigenvalue weighted by Crippen LogP contribution is -2.28. The highest BCUT2D eigenvalue weighted by Gasteiger charge is 2.08. The third-order valence-corrected chi connectivity index (χ3v) is 1.58. The van der Waals surface area contributed by atoms with Crippen LogP contribution in [0.15, 0.2) is 6.20 Å². The van der Waals surface area contributed by atoms with E-state index in [1.165, 1.54) is 4.90 Å². The Hall–Kier alpha value is -1.56. The van der Waals surface area contributed by atoms with Crippen LogP contribution in [0.4, 0.5) is 10.6 Å². The fourth-order valence-electron chi connectivity index (χ4n) is 0.793. The zero-order valence-electron chi connectivity index (χ0n) is 7.66. The molecule has 0 atom stereocenters. The molecular formula is C7H13N5O. The number of aromatic nitrogens is 2. The van der Waals surface area contributed by atoms with Gasteiger partial charge < -0.3 is 10.6 Å². The van der Waals surface area contributed by atoms with E-state index in [4.69, 9.17) is 5.73 Å². The van der Waals surface area contributed by atoms with Gasteiger partial charge >= 0.3 is 6.03 Å². The minimum Gasteiger partial charge on any atom is -0.331 e. The molecular weight excluding hydrogens is 170 g/mol. The third kappa shape index (κ3) is 2.19. The maximum absolute atomic E-state index is 11.2. The van der Waals surface area contributed by atoms with Gasteiger partial charge in [-0.25, -0.2) is 4.79 Å². The molecule has 0 unspecified atom stereocenters. The van der Waals surface area contributed by atoms with Crippen LogP contribution in [-0.4, -0.2) is 35.2 Å². The molecule has 6 heteroatoms. The van der Waals surface area contributed by atoms with E-state index in [1.54, 1.807) is 20.3 Å². The highest BCUT2D eigenvalue weighted by molar-refractivity contribution is 5.88. The summed E-state index contributed by atoms with van der Waals surface area (Å²) in [5.41, 5.74) is 6.21. The molecule has 1 rings (SSSR count). The van der Waals surface area contributed by atoms with Gasteiger partial charge in [0, 0.05) is 26.2 Å². The molecule has 0 aliphatic rings. The maximum atomic E-state index is 11.2. The minimum atomic E-state index is -0.209. The first kappa shape index (κ1) is 9.53. The van der Waals surface area contributed by atoms with E-state index < -0.39 is 0 Å². The number of rotatable bonds is 2. The minimum absolute atomic E-state index is 0.209. The molecule has 0 aliphatic heterocycles. The Kier molecular flexibility index (Phi) is 2.86. The molecule has 0 aliphatic carbocycles. The summed E-state index contributed by atoms with van der Waals surface area (Å²) >= 11 is 0. The number of aromatic amines is 1. The van der Waals surface area contributed by atoms with Gasteiger partial charge in [0.05, 0.1) is 6.20 Å². The van der Waals surface area contributed by atoms with Crippen molar-refractivity contribution in [3.8, 4) is 0 Å². The Morgan fingerprint density at radius 3 is 3.00 bits per heavy atom. The van der Waals surface area contributed by atoms with Gasteiger partial charge in [0.15, 0.2) is 0 Å².